The van der Waals surface area contributed by atoms with Gasteiger partial charge in [0.05, 0.1) is 0 Å². The molecule has 0 aromatic heterocycles. The van der Waals surface area contributed by atoms with Crippen molar-refractivity contribution in [2.45, 2.75) is 32.5 Å². The van der Waals surface area contributed by atoms with Crippen LogP contribution < -0.4 is 4.74 Å². The van der Waals surface area contributed by atoms with Gasteiger partial charge in [0.1, 0.15) is 22.9 Å². The van der Waals surface area contributed by atoms with Gasteiger partial charge in [-0.3, -0.25) is 9.69 Å². The van der Waals surface area contributed by atoms with Gasteiger partial charge in [-0.1, -0.05) is 12.1 Å². The van der Waals surface area contributed by atoms with E-state index in [-0.39, 0.29) is 41.7 Å². The van der Waals surface area contributed by atoms with Crippen molar-refractivity contribution in [3.05, 3.63) is 65.2 Å². The molecule has 3 rings (SSSR count). The number of halogens is 2. The van der Waals surface area contributed by atoms with Crippen molar-refractivity contribution < 1.29 is 28.2 Å². The molecule has 8 heteroatoms. The standard InChI is InChI=1S/C22H24F2N2O4/c1-14-11-26(15(2)10-25(14)12-16-3-5-17(23)6-4-16)21(27)13-30-20-8-7-18(24)9-19(20)22(28)29/h3-9,14-15H,10-13H2,1-2H3,(H,28,29). The van der Waals surface area contributed by atoms with E-state index in [9.17, 15) is 23.5 Å². The molecule has 1 heterocycles. The third-order valence-corrected chi connectivity index (χ3v) is 5.26. The molecule has 30 heavy (non-hydrogen) atoms. The van der Waals surface area contributed by atoms with Crippen LogP contribution in [0.25, 0.3) is 0 Å². The molecule has 1 N–H and O–H groups in total. The fourth-order valence-corrected chi connectivity index (χ4v) is 3.61. The second-order valence-corrected chi connectivity index (χ2v) is 7.53. The third kappa shape index (κ3) is 5.13. The van der Waals surface area contributed by atoms with Gasteiger partial charge in [-0.05, 0) is 49.7 Å². The molecule has 2 unspecified atom stereocenters. The van der Waals surface area contributed by atoms with Crippen molar-refractivity contribution in [3.8, 4) is 5.75 Å². The molecule has 160 valence electrons. The van der Waals surface area contributed by atoms with Gasteiger partial charge in [-0.2, -0.15) is 0 Å². The predicted octanol–water partition coefficient (Wildman–Crippen LogP) is 3.16. The topological polar surface area (TPSA) is 70.1 Å². The molecule has 1 aliphatic heterocycles. The lowest BCUT2D eigenvalue weighted by Crippen LogP contribution is -2.58. The normalized spacial score (nSPS) is 19.5. The molecule has 1 fully saturated rings. The largest absolute Gasteiger partial charge is 0.483 e. The Hall–Kier alpha value is -3.00. The van der Waals surface area contributed by atoms with Crippen LogP contribution in [0, 0.1) is 11.6 Å². The van der Waals surface area contributed by atoms with Crippen molar-refractivity contribution in [3.63, 3.8) is 0 Å². The van der Waals surface area contributed by atoms with Crippen molar-refractivity contribution in [2.75, 3.05) is 19.7 Å². The molecule has 0 aliphatic carbocycles. The number of amides is 1. The first-order valence-corrected chi connectivity index (χ1v) is 9.68. The Morgan fingerprint density at radius 2 is 1.70 bits per heavy atom. The molecule has 2 aromatic rings. The van der Waals surface area contributed by atoms with Crippen molar-refractivity contribution in [1.82, 2.24) is 9.80 Å². The van der Waals surface area contributed by atoms with Gasteiger partial charge in [0.25, 0.3) is 5.91 Å². The molecule has 6 nitrogen and oxygen atoms in total. The maximum Gasteiger partial charge on any atom is 0.339 e. The van der Waals surface area contributed by atoms with Gasteiger partial charge < -0.3 is 14.7 Å². The highest BCUT2D eigenvalue weighted by Gasteiger charge is 2.32. The number of carbonyl (C=O) groups excluding carboxylic acids is 1. The highest BCUT2D eigenvalue weighted by Crippen LogP contribution is 2.22. The number of rotatable bonds is 6. The quantitative estimate of drug-likeness (QED) is 0.781. The average Bonchev–Trinajstić information content (AvgIpc) is 2.70. The fourth-order valence-electron chi connectivity index (χ4n) is 3.61. The number of carbonyl (C=O) groups is 2. The number of carboxylic acid groups (broad SMARTS) is 1. The van der Waals surface area contributed by atoms with Crippen molar-refractivity contribution in [1.29, 1.82) is 0 Å². The minimum atomic E-state index is -1.33. The van der Waals surface area contributed by atoms with Gasteiger partial charge in [0.2, 0.25) is 0 Å². The van der Waals surface area contributed by atoms with Crippen LogP contribution in [0.15, 0.2) is 42.5 Å². The summed E-state index contributed by atoms with van der Waals surface area (Å²) < 4.78 is 31.8. The predicted molar refractivity (Wildman–Crippen MR) is 106 cm³/mol. The number of nitrogens with zero attached hydrogens (tertiary/aromatic N) is 2. The highest BCUT2D eigenvalue weighted by molar-refractivity contribution is 5.91. The lowest BCUT2D eigenvalue weighted by molar-refractivity contribution is -0.139. The second-order valence-electron chi connectivity index (χ2n) is 7.53. The summed E-state index contributed by atoms with van der Waals surface area (Å²) in [6, 6.07) is 9.52. The minimum Gasteiger partial charge on any atom is -0.483 e. The van der Waals surface area contributed by atoms with E-state index in [2.05, 4.69) is 4.90 Å². The molecule has 1 amide bonds. The number of ether oxygens (including phenoxy) is 1. The van der Waals surface area contributed by atoms with E-state index >= 15 is 0 Å². The van der Waals surface area contributed by atoms with Crippen LogP contribution in [0.4, 0.5) is 8.78 Å². The lowest BCUT2D eigenvalue weighted by Gasteiger charge is -2.44. The van der Waals surface area contributed by atoms with Crippen LogP contribution in [-0.4, -0.2) is 58.6 Å². The molecular formula is C22H24F2N2O4. The number of piperazine rings is 1. The summed E-state index contributed by atoms with van der Waals surface area (Å²) in [6.07, 6.45) is 0. The van der Waals surface area contributed by atoms with Crippen LogP contribution >= 0.6 is 0 Å². The number of benzene rings is 2. The van der Waals surface area contributed by atoms with Gasteiger partial charge in [0, 0.05) is 31.7 Å². The Morgan fingerprint density at radius 3 is 2.37 bits per heavy atom. The molecule has 1 aliphatic rings. The molecule has 2 aromatic carbocycles. The first-order valence-electron chi connectivity index (χ1n) is 9.68. The molecule has 0 spiro atoms. The number of hydrogen-bond donors (Lipinski definition) is 1. The van der Waals surface area contributed by atoms with E-state index < -0.39 is 11.8 Å². The van der Waals surface area contributed by atoms with E-state index in [1.54, 1.807) is 17.0 Å². The van der Waals surface area contributed by atoms with Gasteiger partial charge in [0.15, 0.2) is 6.61 Å². The van der Waals surface area contributed by atoms with E-state index in [4.69, 9.17) is 4.74 Å². The second kappa shape index (κ2) is 9.21. The zero-order valence-corrected chi connectivity index (χ0v) is 16.8. The first kappa shape index (κ1) is 21.7. The van der Waals surface area contributed by atoms with Crippen LogP contribution in [0.3, 0.4) is 0 Å². The first-order chi connectivity index (χ1) is 14.2. The lowest BCUT2D eigenvalue weighted by atomic mass is 10.1. The maximum atomic E-state index is 13.3. The molecule has 0 bridgehead atoms. The van der Waals surface area contributed by atoms with Gasteiger partial charge in [-0.15, -0.1) is 0 Å². The zero-order valence-electron chi connectivity index (χ0n) is 16.8. The molecule has 2 atom stereocenters. The number of aromatic carboxylic acids is 1. The van der Waals surface area contributed by atoms with E-state index in [0.717, 1.165) is 17.7 Å². The van der Waals surface area contributed by atoms with E-state index in [0.29, 0.717) is 19.6 Å². The summed E-state index contributed by atoms with van der Waals surface area (Å²) in [7, 11) is 0. The Labute approximate surface area is 173 Å². The Kier molecular flexibility index (Phi) is 6.66. The van der Waals surface area contributed by atoms with Gasteiger partial charge >= 0.3 is 5.97 Å². The van der Waals surface area contributed by atoms with Crippen LogP contribution in [0.2, 0.25) is 0 Å². The summed E-state index contributed by atoms with van der Waals surface area (Å²) >= 11 is 0. The monoisotopic (exact) mass is 418 g/mol. The number of hydrogen-bond acceptors (Lipinski definition) is 4. The van der Waals surface area contributed by atoms with Gasteiger partial charge in [-0.25, -0.2) is 13.6 Å². The summed E-state index contributed by atoms with van der Waals surface area (Å²) in [5.41, 5.74) is 0.671. The molecule has 0 saturated carbocycles. The van der Waals surface area contributed by atoms with Crippen LogP contribution in [0.5, 0.6) is 5.75 Å². The molecular weight excluding hydrogens is 394 g/mol. The van der Waals surface area contributed by atoms with Crippen molar-refractivity contribution >= 4 is 11.9 Å². The van der Waals surface area contributed by atoms with Crippen LogP contribution in [-0.2, 0) is 11.3 Å². The molecule has 0 radical (unpaired) electrons. The van der Waals surface area contributed by atoms with Crippen molar-refractivity contribution in [2.24, 2.45) is 0 Å². The average molecular weight is 418 g/mol. The zero-order chi connectivity index (χ0) is 21.8. The smallest absolute Gasteiger partial charge is 0.339 e. The van der Waals surface area contributed by atoms with E-state index in [1.807, 2.05) is 13.8 Å². The highest BCUT2D eigenvalue weighted by atomic mass is 19.1. The Balaban J connectivity index is 1.60. The van der Waals surface area contributed by atoms with Crippen LogP contribution in [0.1, 0.15) is 29.8 Å². The minimum absolute atomic E-state index is 0.0482. The summed E-state index contributed by atoms with van der Waals surface area (Å²) in [4.78, 5) is 27.9. The SMILES string of the molecule is CC1CN(C(=O)COc2ccc(F)cc2C(=O)O)C(C)CN1Cc1ccc(F)cc1. The third-order valence-electron chi connectivity index (χ3n) is 5.26. The summed E-state index contributed by atoms with van der Waals surface area (Å²) in [6.45, 7) is 5.39. The number of carboxylic acids is 1. The fraction of sp³-hybridized carbons (Fsp3) is 0.364. The molecule has 1 saturated heterocycles. The van der Waals surface area contributed by atoms with E-state index in [1.165, 1.54) is 18.2 Å². The summed E-state index contributed by atoms with van der Waals surface area (Å²) in [5, 5.41) is 9.18. The maximum absolute atomic E-state index is 13.3. The Bertz CT molecular complexity index is 920. The summed E-state index contributed by atoms with van der Waals surface area (Å²) in [5.74, 6) is -2.61. The Morgan fingerprint density at radius 1 is 1.03 bits per heavy atom.